The summed E-state index contributed by atoms with van der Waals surface area (Å²) in [6.45, 7) is 6.60. The standard InChI is InChI=1S/C20H24N4O2/c1-14-11-15(2)24(21-14)17-7-9-22(13-17)19(25)8-10-23-12-16-5-3-4-6-18(16)20(23)26/h3-6,11,17H,7-10,12-13H2,1-2H3/t17-/m0/s1. The van der Waals surface area contributed by atoms with Gasteiger partial charge in [0.15, 0.2) is 0 Å². The van der Waals surface area contributed by atoms with Gasteiger partial charge >= 0.3 is 0 Å². The lowest BCUT2D eigenvalue weighted by Gasteiger charge is -2.20. The van der Waals surface area contributed by atoms with Crippen molar-refractivity contribution < 1.29 is 9.59 Å². The number of likely N-dealkylation sites (tertiary alicyclic amines) is 1. The molecule has 0 radical (unpaired) electrons. The first-order valence-corrected chi connectivity index (χ1v) is 9.20. The number of carbonyl (C=O) groups excluding carboxylic acids is 2. The first kappa shape index (κ1) is 16.8. The Hall–Kier alpha value is -2.63. The topological polar surface area (TPSA) is 58.4 Å². The molecule has 136 valence electrons. The molecule has 2 aliphatic rings. The summed E-state index contributed by atoms with van der Waals surface area (Å²) >= 11 is 0. The van der Waals surface area contributed by atoms with Gasteiger partial charge in [-0.1, -0.05) is 18.2 Å². The minimum Gasteiger partial charge on any atom is -0.340 e. The lowest BCUT2D eigenvalue weighted by molar-refractivity contribution is -0.130. The minimum atomic E-state index is 0.0374. The third kappa shape index (κ3) is 3.00. The van der Waals surface area contributed by atoms with E-state index in [0.29, 0.717) is 26.1 Å². The smallest absolute Gasteiger partial charge is 0.254 e. The first-order valence-electron chi connectivity index (χ1n) is 9.20. The van der Waals surface area contributed by atoms with Gasteiger partial charge in [-0.3, -0.25) is 14.3 Å². The summed E-state index contributed by atoms with van der Waals surface area (Å²) in [5.74, 6) is 0.160. The summed E-state index contributed by atoms with van der Waals surface area (Å²) in [5.41, 5.74) is 3.98. The van der Waals surface area contributed by atoms with Crippen LogP contribution >= 0.6 is 0 Å². The van der Waals surface area contributed by atoms with Gasteiger partial charge in [-0.25, -0.2) is 0 Å². The molecule has 1 fully saturated rings. The molecular formula is C20H24N4O2. The molecule has 6 nitrogen and oxygen atoms in total. The van der Waals surface area contributed by atoms with E-state index in [1.807, 2.05) is 40.8 Å². The molecule has 2 aromatic rings. The van der Waals surface area contributed by atoms with Gasteiger partial charge in [-0.05, 0) is 38.0 Å². The maximum Gasteiger partial charge on any atom is 0.254 e. The molecular weight excluding hydrogens is 328 g/mol. The van der Waals surface area contributed by atoms with Crippen LogP contribution in [0.3, 0.4) is 0 Å². The van der Waals surface area contributed by atoms with Crippen molar-refractivity contribution in [2.24, 2.45) is 0 Å². The number of fused-ring (bicyclic) bond motifs is 1. The van der Waals surface area contributed by atoms with Gasteiger partial charge < -0.3 is 9.80 Å². The van der Waals surface area contributed by atoms with Crippen LogP contribution in [0.2, 0.25) is 0 Å². The summed E-state index contributed by atoms with van der Waals surface area (Å²) < 4.78 is 2.04. The number of aromatic nitrogens is 2. The maximum atomic E-state index is 12.6. The number of benzene rings is 1. The van der Waals surface area contributed by atoms with Crippen molar-refractivity contribution >= 4 is 11.8 Å². The SMILES string of the molecule is Cc1cc(C)n([C@H]2CCN(C(=O)CCN3Cc4ccccc4C3=O)C2)n1. The van der Waals surface area contributed by atoms with Crippen LogP contribution in [0.5, 0.6) is 0 Å². The van der Waals surface area contributed by atoms with Gasteiger partial charge in [0.2, 0.25) is 5.91 Å². The molecule has 1 aromatic carbocycles. The normalized spacial score (nSPS) is 19.3. The molecule has 0 saturated carbocycles. The van der Waals surface area contributed by atoms with Gasteiger partial charge in [-0.15, -0.1) is 0 Å². The van der Waals surface area contributed by atoms with Gasteiger partial charge in [0.25, 0.3) is 5.91 Å². The third-order valence-corrected chi connectivity index (χ3v) is 5.40. The van der Waals surface area contributed by atoms with E-state index in [1.165, 1.54) is 0 Å². The van der Waals surface area contributed by atoms with Crippen LogP contribution in [-0.4, -0.2) is 51.0 Å². The van der Waals surface area contributed by atoms with E-state index >= 15 is 0 Å². The van der Waals surface area contributed by atoms with Crippen molar-refractivity contribution in [2.45, 2.75) is 39.3 Å². The van der Waals surface area contributed by atoms with E-state index in [0.717, 1.165) is 35.5 Å². The van der Waals surface area contributed by atoms with E-state index in [4.69, 9.17) is 0 Å². The average molecular weight is 352 g/mol. The van der Waals surface area contributed by atoms with E-state index in [2.05, 4.69) is 18.1 Å². The second-order valence-electron chi connectivity index (χ2n) is 7.29. The summed E-state index contributed by atoms with van der Waals surface area (Å²) in [7, 11) is 0. The Morgan fingerprint density at radius 2 is 2.08 bits per heavy atom. The molecule has 0 unspecified atom stereocenters. The Balaban J connectivity index is 1.32. The van der Waals surface area contributed by atoms with E-state index in [-0.39, 0.29) is 17.9 Å². The molecule has 2 amide bonds. The Morgan fingerprint density at radius 3 is 2.81 bits per heavy atom. The fourth-order valence-corrected chi connectivity index (χ4v) is 4.07. The van der Waals surface area contributed by atoms with Crippen molar-refractivity contribution in [1.82, 2.24) is 19.6 Å². The molecule has 3 heterocycles. The summed E-state index contributed by atoms with van der Waals surface area (Å²) in [5, 5.41) is 4.55. The molecule has 2 aliphatic heterocycles. The molecule has 0 aliphatic carbocycles. The molecule has 0 N–H and O–H groups in total. The second kappa shape index (κ2) is 6.59. The minimum absolute atomic E-state index is 0.0374. The van der Waals surface area contributed by atoms with Crippen LogP contribution < -0.4 is 0 Å². The molecule has 6 heteroatoms. The highest BCUT2D eigenvalue weighted by Crippen LogP contribution is 2.25. The molecule has 1 aromatic heterocycles. The zero-order chi connectivity index (χ0) is 18.3. The van der Waals surface area contributed by atoms with Crippen molar-refractivity contribution in [1.29, 1.82) is 0 Å². The van der Waals surface area contributed by atoms with Crippen molar-refractivity contribution in [3.05, 3.63) is 52.8 Å². The van der Waals surface area contributed by atoms with Crippen LogP contribution in [-0.2, 0) is 11.3 Å². The molecule has 26 heavy (non-hydrogen) atoms. The van der Waals surface area contributed by atoms with Crippen LogP contribution in [0, 0.1) is 13.8 Å². The highest BCUT2D eigenvalue weighted by Gasteiger charge is 2.31. The van der Waals surface area contributed by atoms with Crippen molar-refractivity contribution in [3.8, 4) is 0 Å². The molecule has 1 saturated heterocycles. The summed E-state index contributed by atoms with van der Waals surface area (Å²) in [4.78, 5) is 28.7. The Kier molecular flexibility index (Phi) is 4.26. The van der Waals surface area contributed by atoms with E-state index in [9.17, 15) is 9.59 Å². The zero-order valence-corrected chi connectivity index (χ0v) is 15.3. The molecule has 0 bridgehead atoms. The number of hydrogen-bond donors (Lipinski definition) is 0. The fourth-order valence-electron chi connectivity index (χ4n) is 4.07. The zero-order valence-electron chi connectivity index (χ0n) is 15.3. The molecule has 4 rings (SSSR count). The second-order valence-corrected chi connectivity index (χ2v) is 7.29. The lowest BCUT2D eigenvalue weighted by Crippen LogP contribution is -2.33. The van der Waals surface area contributed by atoms with E-state index < -0.39 is 0 Å². The van der Waals surface area contributed by atoms with Gasteiger partial charge in [0, 0.05) is 43.9 Å². The van der Waals surface area contributed by atoms with Gasteiger partial charge in [-0.2, -0.15) is 5.10 Å². The number of amides is 2. The number of rotatable bonds is 4. The quantitative estimate of drug-likeness (QED) is 0.848. The summed E-state index contributed by atoms with van der Waals surface area (Å²) in [6.07, 6.45) is 1.31. The van der Waals surface area contributed by atoms with Crippen LogP contribution in [0.1, 0.15) is 46.2 Å². The summed E-state index contributed by atoms with van der Waals surface area (Å²) in [6, 6.07) is 10.00. The van der Waals surface area contributed by atoms with Crippen LogP contribution in [0.15, 0.2) is 30.3 Å². The Morgan fingerprint density at radius 1 is 1.27 bits per heavy atom. The fraction of sp³-hybridized carbons (Fsp3) is 0.450. The van der Waals surface area contributed by atoms with Crippen LogP contribution in [0.25, 0.3) is 0 Å². The highest BCUT2D eigenvalue weighted by molar-refractivity contribution is 5.98. The Labute approximate surface area is 153 Å². The van der Waals surface area contributed by atoms with Crippen LogP contribution in [0.4, 0.5) is 0 Å². The highest BCUT2D eigenvalue weighted by atomic mass is 16.2. The van der Waals surface area contributed by atoms with E-state index in [1.54, 1.807) is 4.90 Å². The lowest BCUT2D eigenvalue weighted by atomic mass is 10.1. The Bertz CT molecular complexity index is 857. The number of hydrogen-bond acceptors (Lipinski definition) is 3. The monoisotopic (exact) mass is 352 g/mol. The number of aryl methyl sites for hydroxylation is 2. The van der Waals surface area contributed by atoms with Crippen molar-refractivity contribution in [2.75, 3.05) is 19.6 Å². The predicted molar refractivity (Wildman–Crippen MR) is 97.7 cm³/mol. The third-order valence-electron chi connectivity index (χ3n) is 5.40. The van der Waals surface area contributed by atoms with Gasteiger partial charge in [0.1, 0.15) is 0 Å². The predicted octanol–water partition coefficient (Wildman–Crippen LogP) is 2.32. The molecule has 0 spiro atoms. The first-order chi connectivity index (χ1) is 12.5. The van der Waals surface area contributed by atoms with Crippen molar-refractivity contribution in [3.63, 3.8) is 0 Å². The average Bonchev–Trinajstić information content (AvgIpc) is 3.31. The number of nitrogens with zero attached hydrogens (tertiary/aromatic N) is 4. The molecule has 1 atom stereocenters. The largest absolute Gasteiger partial charge is 0.340 e. The number of carbonyl (C=O) groups is 2. The maximum absolute atomic E-state index is 12.6. The van der Waals surface area contributed by atoms with Gasteiger partial charge in [0.05, 0.1) is 11.7 Å².